The van der Waals surface area contributed by atoms with Crippen LogP contribution in [0, 0.1) is 5.92 Å². The molecule has 1 aromatic rings. The highest BCUT2D eigenvalue weighted by Gasteiger charge is 2.12. The molecule has 116 valence electrons. The highest BCUT2D eigenvalue weighted by atomic mass is 15.2. The van der Waals surface area contributed by atoms with Gasteiger partial charge in [-0.05, 0) is 24.5 Å². The Morgan fingerprint density at radius 1 is 1.19 bits per heavy atom. The first-order chi connectivity index (χ1) is 10.4. The van der Waals surface area contributed by atoms with E-state index in [4.69, 9.17) is 0 Å². The molecular weight excluding hydrogens is 260 g/mol. The van der Waals surface area contributed by atoms with E-state index in [1.807, 2.05) is 25.4 Å². The molecule has 0 atom stereocenters. The third kappa shape index (κ3) is 6.15. The summed E-state index contributed by atoms with van der Waals surface area (Å²) < 4.78 is 0. The Kier molecular flexibility index (Phi) is 7.05. The monoisotopic (exact) mass is 288 g/mol. The number of aliphatic imine (C=N–C) groups is 1. The van der Waals surface area contributed by atoms with Crippen molar-refractivity contribution in [2.45, 2.75) is 44.9 Å². The second-order valence-corrected chi connectivity index (χ2v) is 5.79. The minimum absolute atomic E-state index is 0.861. The van der Waals surface area contributed by atoms with Gasteiger partial charge in [-0.3, -0.25) is 9.98 Å². The minimum atomic E-state index is 0.861. The zero-order valence-electron chi connectivity index (χ0n) is 13.1. The Bertz CT molecular complexity index is 410. The van der Waals surface area contributed by atoms with Crippen LogP contribution in [0.2, 0.25) is 0 Å². The molecule has 1 aliphatic rings. The van der Waals surface area contributed by atoms with Crippen molar-refractivity contribution in [1.82, 2.24) is 15.6 Å². The molecule has 0 aromatic carbocycles. The fraction of sp³-hybridized carbons (Fsp3) is 0.647. The summed E-state index contributed by atoms with van der Waals surface area (Å²) in [5, 5.41) is 6.78. The van der Waals surface area contributed by atoms with Crippen LogP contribution in [0.5, 0.6) is 0 Å². The first kappa shape index (κ1) is 15.8. The standard InChI is InChI=1S/C17H28N4/c1-18-17(20-13-10-15-7-3-2-4-8-15)21-14-11-16-9-5-6-12-19-16/h5-6,9,12,15H,2-4,7-8,10-11,13-14H2,1H3,(H2,18,20,21). The zero-order valence-corrected chi connectivity index (χ0v) is 13.1. The van der Waals surface area contributed by atoms with Gasteiger partial charge in [0, 0.05) is 38.4 Å². The summed E-state index contributed by atoms with van der Waals surface area (Å²) in [6.07, 6.45) is 11.1. The topological polar surface area (TPSA) is 49.3 Å². The van der Waals surface area contributed by atoms with Gasteiger partial charge in [-0.15, -0.1) is 0 Å². The molecule has 0 unspecified atom stereocenters. The van der Waals surface area contributed by atoms with E-state index in [9.17, 15) is 0 Å². The number of nitrogens with one attached hydrogen (secondary N) is 2. The molecule has 0 amide bonds. The molecule has 4 heteroatoms. The maximum atomic E-state index is 4.32. The molecule has 1 fully saturated rings. The van der Waals surface area contributed by atoms with E-state index >= 15 is 0 Å². The first-order valence-corrected chi connectivity index (χ1v) is 8.23. The molecule has 0 radical (unpaired) electrons. The number of nitrogens with zero attached hydrogens (tertiary/aromatic N) is 2. The Morgan fingerprint density at radius 2 is 2.00 bits per heavy atom. The lowest BCUT2D eigenvalue weighted by Crippen LogP contribution is -2.39. The van der Waals surface area contributed by atoms with E-state index < -0.39 is 0 Å². The number of aromatic nitrogens is 1. The molecule has 21 heavy (non-hydrogen) atoms. The highest BCUT2D eigenvalue weighted by molar-refractivity contribution is 5.79. The molecule has 4 nitrogen and oxygen atoms in total. The molecule has 2 N–H and O–H groups in total. The lowest BCUT2D eigenvalue weighted by Gasteiger charge is -2.22. The van der Waals surface area contributed by atoms with Gasteiger partial charge in [-0.25, -0.2) is 0 Å². The molecule has 2 rings (SSSR count). The van der Waals surface area contributed by atoms with Crippen LogP contribution in [0.1, 0.15) is 44.2 Å². The van der Waals surface area contributed by atoms with E-state index in [1.165, 1.54) is 38.5 Å². The summed E-state index contributed by atoms with van der Waals surface area (Å²) in [6.45, 7) is 1.88. The van der Waals surface area contributed by atoms with Crippen molar-refractivity contribution in [2.75, 3.05) is 20.1 Å². The maximum Gasteiger partial charge on any atom is 0.190 e. The summed E-state index contributed by atoms with van der Waals surface area (Å²) in [7, 11) is 1.83. The molecule has 0 spiro atoms. The van der Waals surface area contributed by atoms with E-state index in [0.29, 0.717) is 0 Å². The van der Waals surface area contributed by atoms with E-state index in [0.717, 1.165) is 37.1 Å². The van der Waals surface area contributed by atoms with Crippen molar-refractivity contribution >= 4 is 5.96 Å². The summed E-state index contributed by atoms with van der Waals surface area (Å²) in [4.78, 5) is 8.60. The van der Waals surface area contributed by atoms with E-state index in [-0.39, 0.29) is 0 Å². The molecule has 1 aromatic heterocycles. The molecule has 0 aliphatic heterocycles. The van der Waals surface area contributed by atoms with Gasteiger partial charge in [0.1, 0.15) is 0 Å². The molecule has 0 saturated heterocycles. The number of rotatable bonds is 6. The largest absolute Gasteiger partial charge is 0.356 e. The van der Waals surface area contributed by atoms with Crippen molar-refractivity contribution in [3.05, 3.63) is 30.1 Å². The Hall–Kier alpha value is -1.58. The van der Waals surface area contributed by atoms with Crippen LogP contribution in [0.4, 0.5) is 0 Å². The Labute approximate surface area is 128 Å². The van der Waals surface area contributed by atoms with E-state index in [1.54, 1.807) is 0 Å². The predicted octanol–water partition coefficient (Wildman–Crippen LogP) is 2.76. The van der Waals surface area contributed by atoms with Crippen molar-refractivity contribution in [2.24, 2.45) is 10.9 Å². The third-order valence-electron chi connectivity index (χ3n) is 4.19. The average molecular weight is 288 g/mol. The number of hydrogen-bond donors (Lipinski definition) is 2. The van der Waals surface area contributed by atoms with Gasteiger partial charge in [0.2, 0.25) is 0 Å². The van der Waals surface area contributed by atoms with Gasteiger partial charge in [-0.1, -0.05) is 38.2 Å². The fourth-order valence-electron chi connectivity index (χ4n) is 2.95. The van der Waals surface area contributed by atoms with Gasteiger partial charge in [0.15, 0.2) is 5.96 Å². The summed E-state index contributed by atoms with van der Waals surface area (Å²) >= 11 is 0. The molecule has 1 saturated carbocycles. The van der Waals surface area contributed by atoms with Crippen LogP contribution in [-0.4, -0.2) is 31.1 Å². The average Bonchev–Trinajstić information content (AvgIpc) is 2.55. The van der Waals surface area contributed by atoms with Crippen LogP contribution < -0.4 is 10.6 Å². The number of hydrogen-bond acceptors (Lipinski definition) is 2. The molecule has 0 bridgehead atoms. The van der Waals surface area contributed by atoms with Gasteiger partial charge in [-0.2, -0.15) is 0 Å². The third-order valence-corrected chi connectivity index (χ3v) is 4.19. The van der Waals surface area contributed by atoms with Crippen molar-refractivity contribution in [1.29, 1.82) is 0 Å². The van der Waals surface area contributed by atoms with Crippen LogP contribution >= 0.6 is 0 Å². The van der Waals surface area contributed by atoms with Crippen molar-refractivity contribution in [3.8, 4) is 0 Å². The number of pyridine rings is 1. The van der Waals surface area contributed by atoms with E-state index in [2.05, 4.69) is 26.7 Å². The second-order valence-electron chi connectivity index (χ2n) is 5.79. The molecule has 1 heterocycles. The Balaban J connectivity index is 1.59. The highest BCUT2D eigenvalue weighted by Crippen LogP contribution is 2.25. The minimum Gasteiger partial charge on any atom is -0.356 e. The second kappa shape index (κ2) is 9.37. The van der Waals surface area contributed by atoms with Gasteiger partial charge >= 0.3 is 0 Å². The van der Waals surface area contributed by atoms with Crippen LogP contribution in [0.25, 0.3) is 0 Å². The maximum absolute atomic E-state index is 4.32. The SMILES string of the molecule is CN=C(NCCc1ccccn1)NCCC1CCCCC1. The fourth-order valence-corrected chi connectivity index (χ4v) is 2.95. The van der Waals surface area contributed by atoms with Gasteiger partial charge < -0.3 is 10.6 Å². The van der Waals surface area contributed by atoms with Crippen molar-refractivity contribution in [3.63, 3.8) is 0 Å². The zero-order chi connectivity index (χ0) is 14.8. The molecular formula is C17H28N4. The molecule has 1 aliphatic carbocycles. The lowest BCUT2D eigenvalue weighted by atomic mass is 9.87. The van der Waals surface area contributed by atoms with Gasteiger partial charge in [0.25, 0.3) is 0 Å². The van der Waals surface area contributed by atoms with Gasteiger partial charge in [0.05, 0.1) is 0 Å². The first-order valence-electron chi connectivity index (χ1n) is 8.23. The van der Waals surface area contributed by atoms with Crippen LogP contribution in [0.3, 0.4) is 0 Å². The smallest absolute Gasteiger partial charge is 0.190 e. The summed E-state index contributed by atoms with van der Waals surface area (Å²) in [5.74, 6) is 1.82. The predicted molar refractivity (Wildman–Crippen MR) is 88.5 cm³/mol. The van der Waals surface area contributed by atoms with Crippen LogP contribution in [-0.2, 0) is 6.42 Å². The summed E-state index contributed by atoms with van der Waals surface area (Å²) in [6, 6.07) is 6.03. The lowest BCUT2D eigenvalue weighted by molar-refractivity contribution is 0.339. The summed E-state index contributed by atoms with van der Waals surface area (Å²) in [5.41, 5.74) is 1.11. The van der Waals surface area contributed by atoms with Crippen molar-refractivity contribution < 1.29 is 0 Å². The quantitative estimate of drug-likeness (QED) is 0.625. The Morgan fingerprint density at radius 3 is 2.71 bits per heavy atom. The normalized spacial score (nSPS) is 16.7. The van der Waals surface area contributed by atoms with Crippen LogP contribution in [0.15, 0.2) is 29.4 Å². The number of guanidine groups is 1.